The van der Waals surface area contributed by atoms with Crippen LogP contribution in [0.4, 0.5) is 13.2 Å². The Kier molecular flexibility index (Phi) is 11.2. The molecule has 0 spiro atoms. The molecule has 44 heavy (non-hydrogen) atoms. The molecule has 3 N–H and O–H groups in total. The van der Waals surface area contributed by atoms with Gasteiger partial charge in [-0.1, -0.05) is 72.9 Å². The molecule has 0 radical (unpaired) electrons. The summed E-state index contributed by atoms with van der Waals surface area (Å²) in [6, 6.07) is 23.9. The molecule has 0 aliphatic rings. The van der Waals surface area contributed by atoms with E-state index in [1.165, 1.54) is 12.1 Å². The minimum atomic E-state index is -4.48. The van der Waals surface area contributed by atoms with E-state index in [1.54, 1.807) is 35.6 Å². The van der Waals surface area contributed by atoms with Crippen molar-refractivity contribution in [2.45, 2.75) is 51.1 Å². The summed E-state index contributed by atoms with van der Waals surface area (Å²) in [5, 5.41) is 12.0. The standard InChI is InChI=1S/C33H33F3N6OS/c34-33(35,36)30-9-5-4-8-27(30)22-41(20-25-6-2-1-3-7-25)32(44)15-14-28(18-38)40-31(43)16-29-19-39-23-42(29)21-26-12-10-24(17-37)11-13-26/h1-13,19,23,28H,14-16,18,20-22,38H2,(H,40,43)/t28-/m0/s1. The Bertz CT molecular complexity index is 1580. The van der Waals surface area contributed by atoms with Gasteiger partial charge in [-0.15, -0.1) is 0 Å². The van der Waals surface area contributed by atoms with Crippen molar-refractivity contribution in [2.24, 2.45) is 5.73 Å². The lowest BCUT2D eigenvalue weighted by molar-refractivity contribution is -0.138. The maximum atomic E-state index is 13.7. The highest BCUT2D eigenvalue weighted by Gasteiger charge is 2.33. The Morgan fingerprint density at radius 2 is 1.73 bits per heavy atom. The van der Waals surface area contributed by atoms with Crippen LogP contribution in [-0.4, -0.2) is 37.9 Å². The van der Waals surface area contributed by atoms with E-state index in [1.807, 2.05) is 47.0 Å². The number of nitrogens with zero attached hydrogens (tertiary/aromatic N) is 4. The maximum Gasteiger partial charge on any atom is 0.416 e. The van der Waals surface area contributed by atoms with E-state index in [-0.39, 0.29) is 37.0 Å². The number of aromatic nitrogens is 2. The maximum absolute atomic E-state index is 13.7. The fourth-order valence-electron chi connectivity index (χ4n) is 4.84. The molecule has 4 rings (SSSR count). The molecule has 1 amide bonds. The molecule has 3 aromatic carbocycles. The molecule has 0 saturated heterocycles. The third-order valence-corrected chi connectivity index (χ3v) is 7.65. The number of rotatable bonds is 13. The van der Waals surface area contributed by atoms with Gasteiger partial charge in [0.1, 0.15) is 0 Å². The summed E-state index contributed by atoms with van der Waals surface area (Å²) in [4.78, 5) is 19.4. The number of carbonyl (C=O) groups excluding carboxylic acids is 1. The van der Waals surface area contributed by atoms with Crippen LogP contribution >= 0.6 is 12.2 Å². The largest absolute Gasteiger partial charge is 0.416 e. The zero-order chi connectivity index (χ0) is 31.5. The Balaban J connectivity index is 1.38. The number of nitrogens with one attached hydrogen (secondary N) is 1. The molecule has 0 aliphatic heterocycles. The summed E-state index contributed by atoms with van der Waals surface area (Å²) in [5.74, 6) is -0.229. The Labute approximate surface area is 260 Å². The molecular weight excluding hydrogens is 585 g/mol. The molecule has 0 unspecified atom stereocenters. The van der Waals surface area contributed by atoms with Gasteiger partial charge in [0.2, 0.25) is 5.91 Å². The first-order valence-electron chi connectivity index (χ1n) is 14.1. The zero-order valence-corrected chi connectivity index (χ0v) is 24.8. The van der Waals surface area contributed by atoms with Crippen molar-refractivity contribution in [2.75, 3.05) is 6.54 Å². The number of hydrogen-bond acceptors (Lipinski definition) is 5. The van der Waals surface area contributed by atoms with Gasteiger partial charge in [-0.05, 0) is 47.7 Å². The highest BCUT2D eigenvalue weighted by molar-refractivity contribution is 7.80. The van der Waals surface area contributed by atoms with Crippen LogP contribution in [0.1, 0.15) is 46.4 Å². The molecule has 1 heterocycles. The van der Waals surface area contributed by atoms with Crippen LogP contribution in [0.15, 0.2) is 91.4 Å². The monoisotopic (exact) mass is 618 g/mol. The summed E-state index contributed by atoms with van der Waals surface area (Å²) in [6.07, 6.45) is -0.324. The average Bonchev–Trinajstić information content (AvgIpc) is 3.45. The highest BCUT2D eigenvalue weighted by atomic mass is 32.1. The first-order valence-corrected chi connectivity index (χ1v) is 14.5. The lowest BCUT2D eigenvalue weighted by Gasteiger charge is -2.28. The number of halogens is 3. The van der Waals surface area contributed by atoms with Crippen molar-refractivity contribution in [1.82, 2.24) is 19.8 Å². The summed E-state index contributed by atoms with van der Waals surface area (Å²) < 4.78 is 43.0. The molecule has 11 heteroatoms. The van der Waals surface area contributed by atoms with Gasteiger partial charge in [0.05, 0.1) is 34.9 Å². The van der Waals surface area contributed by atoms with Crippen LogP contribution in [0.25, 0.3) is 0 Å². The average molecular weight is 619 g/mol. The molecule has 228 valence electrons. The van der Waals surface area contributed by atoms with Gasteiger partial charge in [-0.25, -0.2) is 4.98 Å². The molecule has 0 fully saturated rings. The zero-order valence-electron chi connectivity index (χ0n) is 24.0. The van der Waals surface area contributed by atoms with Crippen LogP contribution in [-0.2, 0) is 37.0 Å². The number of thiocarbonyl (C=S) groups is 1. The van der Waals surface area contributed by atoms with Gasteiger partial charge < -0.3 is 20.5 Å². The SMILES string of the molecule is N#Cc1ccc(Cn2cncc2CC(=O)N[C@H](CN)CCC(=S)N(Cc2ccccc2)Cc2ccccc2C(F)(F)F)cc1. The summed E-state index contributed by atoms with van der Waals surface area (Å²) >= 11 is 5.74. The summed E-state index contributed by atoms with van der Waals surface area (Å²) in [6.45, 7) is 1.01. The van der Waals surface area contributed by atoms with E-state index in [4.69, 9.17) is 23.2 Å². The number of benzene rings is 3. The second kappa shape index (κ2) is 15.3. The van der Waals surface area contributed by atoms with Crippen LogP contribution in [0.3, 0.4) is 0 Å². The molecule has 0 bridgehead atoms. The van der Waals surface area contributed by atoms with Crippen LogP contribution in [0, 0.1) is 11.3 Å². The fourth-order valence-corrected chi connectivity index (χ4v) is 5.09. The summed E-state index contributed by atoms with van der Waals surface area (Å²) in [5.41, 5.74) is 8.61. The van der Waals surface area contributed by atoms with E-state index >= 15 is 0 Å². The normalized spacial score (nSPS) is 11.9. The highest BCUT2D eigenvalue weighted by Crippen LogP contribution is 2.32. The van der Waals surface area contributed by atoms with Crippen molar-refractivity contribution in [3.05, 3.63) is 125 Å². The van der Waals surface area contributed by atoms with E-state index in [0.29, 0.717) is 36.5 Å². The van der Waals surface area contributed by atoms with E-state index < -0.39 is 11.7 Å². The van der Waals surface area contributed by atoms with E-state index in [0.717, 1.165) is 22.9 Å². The third kappa shape index (κ3) is 9.23. The van der Waals surface area contributed by atoms with Crippen molar-refractivity contribution in [1.29, 1.82) is 5.26 Å². The van der Waals surface area contributed by atoms with E-state index in [9.17, 15) is 18.0 Å². The number of nitriles is 1. The minimum Gasteiger partial charge on any atom is -0.357 e. The van der Waals surface area contributed by atoms with Gasteiger partial charge in [0, 0.05) is 44.1 Å². The Morgan fingerprint density at radius 3 is 2.41 bits per heavy atom. The van der Waals surface area contributed by atoms with Gasteiger partial charge in [0.25, 0.3) is 0 Å². The smallest absolute Gasteiger partial charge is 0.357 e. The van der Waals surface area contributed by atoms with Crippen molar-refractivity contribution < 1.29 is 18.0 Å². The van der Waals surface area contributed by atoms with Crippen LogP contribution < -0.4 is 11.1 Å². The number of hydrogen-bond donors (Lipinski definition) is 2. The number of nitrogens with two attached hydrogens (primary N) is 1. The number of imidazole rings is 1. The lowest BCUT2D eigenvalue weighted by Crippen LogP contribution is -2.42. The molecule has 1 atom stereocenters. The fraction of sp³-hybridized carbons (Fsp3) is 0.273. The minimum absolute atomic E-state index is 0.00765. The van der Waals surface area contributed by atoms with Gasteiger partial charge in [-0.2, -0.15) is 18.4 Å². The molecular formula is C33H33F3N6OS. The van der Waals surface area contributed by atoms with Gasteiger partial charge in [-0.3, -0.25) is 4.79 Å². The van der Waals surface area contributed by atoms with Gasteiger partial charge in [0.15, 0.2) is 0 Å². The van der Waals surface area contributed by atoms with Crippen LogP contribution in [0.2, 0.25) is 0 Å². The molecule has 7 nitrogen and oxygen atoms in total. The molecule has 0 aliphatic carbocycles. The predicted molar refractivity (Wildman–Crippen MR) is 166 cm³/mol. The summed E-state index contributed by atoms with van der Waals surface area (Å²) in [7, 11) is 0. The lowest BCUT2D eigenvalue weighted by atomic mass is 10.1. The molecule has 0 saturated carbocycles. The number of alkyl halides is 3. The van der Waals surface area contributed by atoms with Crippen molar-refractivity contribution in [3.63, 3.8) is 0 Å². The molecule has 1 aromatic heterocycles. The topological polar surface area (TPSA) is 100.0 Å². The molecule has 4 aromatic rings. The first kappa shape index (κ1) is 32.4. The number of amides is 1. The number of carbonyl (C=O) groups is 1. The second-order valence-electron chi connectivity index (χ2n) is 10.4. The second-order valence-corrected chi connectivity index (χ2v) is 10.9. The predicted octanol–water partition coefficient (Wildman–Crippen LogP) is 5.62. The van der Waals surface area contributed by atoms with Gasteiger partial charge >= 0.3 is 6.18 Å². The Hall–Kier alpha value is -4.53. The first-order chi connectivity index (χ1) is 21.2. The quantitative estimate of drug-likeness (QED) is 0.189. The third-order valence-electron chi connectivity index (χ3n) is 7.19. The van der Waals surface area contributed by atoms with E-state index in [2.05, 4.69) is 16.4 Å². The van der Waals surface area contributed by atoms with Crippen LogP contribution in [0.5, 0.6) is 0 Å². The van der Waals surface area contributed by atoms with Crippen molar-refractivity contribution in [3.8, 4) is 6.07 Å². The van der Waals surface area contributed by atoms with Crippen molar-refractivity contribution >= 4 is 23.1 Å². The Morgan fingerprint density at radius 1 is 1.02 bits per heavy atom.